The van der Waals surface area contributed by atoms with E-state index in [1.165, 1.54) is 11.3 Å². The number of carbonyl (C=O) groups is 1. The molecule has 0 radical (unpaired) electrons. The number of nitrogens with one attached hydrogen (secondary N) is 1. The minimum atomic E-state index is -0.191. The first-order valence-electron chi connectivity index (χ1n) is 8.41. The van der Waals surface area contributed by atoms with Gasteiger partial charge in [-0.05, 0) is 43.5 Å². The molecule has 0 bridgehead atoms. The van der Waals surface area contributed by atoms with E-state index in [4.69, 9.17) is 10.7 Å². The number of nitrogen functional groups attached to an aromatic ring is 1. The van der Waals surface area contributed by atoms with Crippen molar-refractivity contribution in [1.82, 2.24) is 4.98 Å². The van der Waals surface area contributed by atoms with Crippen molar-refractivity contribution in [3.05, 3.63) is 64.0 Å². The van der Waals surface area contributed by atoms with Crippen LogP contribution in [-0.4, -0.2) is 10.9 Å². The van der Waals surface area contributed by atoms with Gasteiger partial charge in [-0.2, -0.15) is 0 Å². The molecular weight excluding hydrogens is 342 g/mol. The molecule has 26 heavy (non-hydrogen) atoms. The van der Waals surface area contributed by atoms with Crippen LogP contribution in [0.2, 0.25) is 0 Å². The van der Waals surface area contributed by atoms with E-state index in [-0.39, 0.29) is 5.91 Å². The Morgan fingerprint density at radius 1 is 1.04 bits per heavy atom. The van der Waals surface area contributed by atoms with Crippen LogP contribution in [0, 0.1) is 20.8 Å². The van der Waals surface area contributed by atoms with Gasteiger partial charge < -0.3 is 11.1 Å². The molecule has 3 N–H and O–H groups in total. The number of carbonyl (C=O) groups excluding carboxylic acids is 1. The number of nitrogens with zero attached hydrogens (tertiary/aromatic N) is 1. The third-order valence-corrected chi connectivity index (χ3v) is 5.79. The van der Waals surface area contributed by atoms with Crippen molar-refractivity contribution < 1.29 is 4.79 Å². The Labute approximate surface area is 155 Å². The van der Waals surface area contributed by atoms with Gasteiger partial charge in [0.1, 0.15) is 9.71 Å². The van der Waals surface area contributed by atoms with Crippen LogP contribution >= 0.6 is 11.3 Å². The molecule has 0 aliphatic carbocycles. The third-order valence-electron chi connectivity index (χ3n) is 4.67. The van der Waals surface area contributed by atoms with Crippen molar-refractivity contribution in [3.63, 3.8) is 0 Å². The molecule has 1 amide bonds. The number of thiophene rings is 1. The van der Waals surface area contributed by atoms with Crippen molar-refractivity contribution in [3.8, 4) is 0 Å². The fraction of sp³-hybridized carbons (Fsp3) is 0.143. The van der Waals surface area contributed by atoms with Gasteiger partial charge in [-0.25, -0.2) is 4.98 Å². The monoisotopic (exact) mass is 361 g/mol. The highest BCUT2D eigenvalue weighted by Gasteiger charge is 2.19. The fourth-order valence-electron chi connectivity index (χ4n) is 3.23. The third kappa shape index (κ3) is 2.61. The van der Waals surface area contributed by atoms with Gasteiger partial charge in [-0.3, -0.25) is 4.79 Å². The highest BCUT2D eigenvalue weighted by atomic mass is 32.1. The minimum absolute atomic E-state index is 0.191. The molecule has 0 fully saturated rings. The number of hydrogen-bond donors (Lipinski definition) is 2. The van der Waals surface area contributed by atoms with E-state index in [2.05, 4.69) is 5.32 Å². The summed E-state index contributed by atoms with van der Waals surface area (Å²) in [6.45, 7) is 5.99. The fourth-order valence-corrected chi connectivity index (χ4v) is 4.20. The van der Waals surface area contributed by atoms with Crippen molar-refractivity contribution in [1.29, 1.82) is 0 Å². The number of amides is 1. The number of rotatable bonds is 2. The van der Waals surface area contributed by atoms with Gasteiger partial charge in [0.2, 0.25) is 0 Å². The van der Waals surface area contributed by atoms with Crippen molar-refractivity contribution in [2.75, 3.05) is 11.1 Å². The van der Waals surface area contributed by atoms with E-state index < -0.39 is 0 Å². The molecule has 4 nitrogen and oxygen atoms in total. The maximum atomic E-state index is 12.9. The summed E-state index contributed by atoms with van der Waals surface area (Å²) in [5.41, 5.74) is 11.7. The lowest BCUT2D eigenvalue weighted by Crippen LogP contribution is -2.13. The van der Waals surface area contributed by atoms with Crippen LogP contribution in [-0.2, 0) is 0 Å². The van der Waals surface area contributed by atoms with Gasteiger partial charge in [0.05, 0.1) is 11.2 Å². The van der Waals surface area contributed by atoms with Crippen LogP contribution < -0.4 is 11.1 Å². The zero-order valence-electron chi connectivity index (χ0n) is 14.9. The lowest BCUT2D eigenvalue weighted by atomic mass is 10.1. The number of aryl methyl sites for hydroxylation is 3. The number of anilines is 2. The second-order valence-corrected chi connectivity index (χ2v) is 7.55. The zero-order chi connectivity index (χ0) is 18.4. The molecule has 0 saturated carbocycles. The number of nitrogens with two attached hydrogens (primary N) is 1. The van der Waals surface area contributed by atoms with Gasteiger partial charge in [0, 0.05) is 16.5 Å². The van der Waals surface area contributed by atoms with Crippen LogP contribution in [0.5, 0.6) is 0 Å². The first-order valence-corrected chi connectivity index (χ1v) is 9.23. The molecular formula is C21H19N3OS. The van der Waals surface area contributed by atoms with Crippen LogP contribution in [0.4, 0.5) is 11.4 Å². The van der Waals surface area contributed by atoms with Crippen LogP contribution in [0.25, 0.3) is 21.1 Å². The Morgan fingerprint density at radius 3 is 2.42 bits per heavy atom. The maximum absolute atomic E-state index is 12.9. The van der Waals surface area contributed by atoms with E-state index in [0.717, 1.165) is 43.5 Å². The molecule has 130 valence electrons. The topological polar surface area (TPSA) is 68.0 Å². The quantitative estimate of drug-likeness (QED) is 0.515. The summed E-state index contributed by atoms with van der Waals surface area (Å²) < 4.78 is 0. The van der Waals surface area contributed by atoms with E-state index in [9.17, 15) is 4.79 Å². The lowest BCUT2D eigenvalue weighted by molar-refractivity contribution is 0.103. The summed E-state index contributed by atoms with van der Waals surface area (Å²) in [5.74, 6) is -0.191. The van der Waals surface area contributed by atoms with E-state index >= 15 is 0 Å². The molecule has 0 spiro atoms. The van der Waals surface area contributed by atoms with Crippen LogP contribution in [0.1, 0.15) is 26.4 Å². The average molecular weight is 361 g/mol. The first-order chi connectivity index (χ1) is 12.5. The standard InChI is InChI=1S/C21H19N3OS/c1-11-6-4-7-12(2)17(11)23-20(25)19-16(22)15-10-14-9-5-8-13(3)18(14)24-21(15)26-19/h4-10H,22H2,1-3H3,(H,23,25). The highest BCUT2D eigenvalue weighted by Crippen LogP contribution is 2.35. The first kappa shape index (κ1) is 16.5. The Morgan fingerprint density at radius 2 is 1.69 bits per heavy atom. The number of aromatic nitrogens is 1. The van der Waals surface area contributed by atoms with E-state index in [1.54, 1.807) is 0 Å². The highest BCUT2D eigenvalue weighted by molar-refractivity contribution is 7.21. The van der Waals surface area contributed by atoms with Gasteiger partial charge in [0.15, 0.2) is 0 Å². The normalized spacial score (nSPS) is 11.2. The number of pyridine rings is 1. The lowest BCUT2D eigenvalue weighted by Gasteiger charge is -2.10. The van der Waals surface area contributed by atoms with Crippen LogP contribution in [0.15, 0.2) is 42.5 Å². The van der Waals surface area contributed by atoms with Gasteiger partial charge in [0.25, 0.3) is 5.91 Å². The molecule has 4 aromatic rings. The largest absolute Gasteiger partial charge is 0.397 e. The number of hydrogen-bond acceptors (Lipinski definition) is 4. The molecule has 0 atom stereocenters. The molecule has 0 unspecified atom stereocenters. The summed E-state index contributed by atoms with van der Waals surface area (Å²) in [7, 11) is 0. The van der Waals surface area contributed by atoms with Crippen molar-refractivity contribution >= 4 is 49.7 Å². The Bertz CT molecular complexity index is 1160. The molecule has 5 heteroatoms. The SMILES string of the molecule is Cc1cccc(C)c1NC(=O)c1sc2nc3c(C)cccc3cc2c1N. The second-order valence-electron chi connectivity index (χ2n) is 6.55. The smallest absolute Gasteiger partial charge is 0.267 e. The van der Waals surface area contributed by atoms with Gasteiger partial charge in [-0.15, -0.1) is 11.3 Å². The van der Waals surface area contributed by atoms with E-state index in [0.29, 0.717) is 10.6 Å². The summed E-state index contributed by atoms with van der Waals surface area (Å²) in [6.07, 6.45) is 0. The second kappa shape index (κ2) is 6.11. The molecule has 0 aliphatic heterocycles. The average Bonchev–Trinajstić information content (AvgIpc) is 2.93. The summed E-state index contributed by atoms with van der Waals surface area (Å²) in [4.78, 5) is 18.9. The molecule has 0 saturated heterocycles. The molecule has 2 heterocycles. The molecule has 4 rings (SSSR count). The van der Waals surface area contributed by atoms with E-state index in [1.807, 2.05) is 63.2 Å². The Hall–Kier alpha value is -2.92. The maximum Gasteiger partial charge on any atom is 0.267 e. The predicted octanol–water partition coefficient (Wildman–Crippen LogP) is 5.21. The number of para-hydroxylation sites is 2. The van der Waals surface area contributed by atoms with Gasteiger partial charge in [-0.1, -0.05) is 36.4 Å². The molecule has 0 aliphatic rings. The molecule has 2 aromatic carbocycles. The zero-order valence-corrected chi connectivity index (χ0v) is 15.7. The minimum Gasteiger partial charge on any atom is -0.397 e. The van der Waals surface area contributed by atoms with Crippen LogP contribution in [0.3, 0.4) is 0 Å². The number of fused-ring (bicyclic) bond motifs is 2. The van der Waals surface area contributed by atoms with Crippen molar-refractivity contribution in [2.24, 2.45) is 0 Å². The Balaban J connectivity index is 1.81. The molecule has 2 aromatic heterocycles. The van der Waals surface area contributed by atoms with Crippen molar-refractivity contribution in [2.45, 2.75) is 20.8 Å². The summed E-state index contributed by atoms with van der Waals surface area (Å²) in [5, 5.41) is 4.88. The number of benzene rings is 2. The Kier molecular flexibility index (Phi) is 3.89. The summed E-state index contributed by atoms with van der Waals surface area (Å²) >= 11 is 1.34. The van der Waals surface area contributed by atoms with Gasteiger partial charge >= 0.3 is 0 Å². The summed E-state index contributed by atoms with van der Waals surface area (Å²) in [6, 6.07) is 14.0. The predicted molar refractivity (Wildman–Crippen MR) is 110 cm³/mol.